The smallest absolute Gasteiger partial charge is 0.382 e. The first-order valence-corrected chi connectivity index (χ1v) is 14.0. The molecule has 1 aromatic carbocycles. The van der Waals surface area contributed by atoms with Crippen LogP contribution >= 0.6 is 0 Å². The minimum absolute atomic E-state index is 0.0134. The van der Waals surface area contributed by atoms with Crippen LogP contribution in [0, 0.1) is 5.41 Å². The average molecular weight is 594 g/mol. The molecule has 2 fully saturated rings. The molecule has 6 rings (SSSR count). The maximum Gasteiger partial charge on any atom is 0.416 e. The largest absolute Gasteiger partial charge is 0.416 e. The van der Waals surface area contributed by atoms with Gasteiger partial charge in [0.2, 0.25) is 5.91 Å². The molecule has 10 nitrogen and oxygen atoms in total. The molecule has 1 saturated carbocycles. The Morgan fingerprint density at radius 3 is 2.56 bits per heavy atom. The standard InChI is InChI=1S/C30H30F3N7O3/c1-29(15-43-16-29)28(42)37-21-4-2-3-19(13-21)26-39-23(24-25(34)36-11-12-40(24)26)17-5-7-18(8-6-17)27(41)38-22-14-20(9-10-35-22)30(31,32)33/h5-12,14,19,21H,2-4,13,15-16H2,1H3,(H2,34,36)(H,37,42)(H,35,38,41)/t19?,21-/m1/s1. The second kappa shape index (κ2) is 11.0. The van der Waals surface area contributed by atoms with Gasteiger partial charge in [0.15, 0.2) is 0 Å². The monoisotopic (exact) mass is 593 g/mol. The van der Waals surface area contributed by atoms with E-state index in [-0.39, 0.29) is 29.2 Å². The Bertz CT molecular complexity index is 1680. The zero-order valence-corrected chi connectivity index (χ0v) is 23.3. The second-order valence-electron chi connectivity index (χ2n) is 11.4. The fraction of sp³-hybridized carbons (Fsp3) is 0.367. The highest BCUT2D eigenvalue weighted by Crippen LogP contribution is 2.38. The van der Waals surface area contributed by atoms with E-state index in [9.17, 15) is 22.8 Å². The number of halogens is 3. The van der Waals surface area contributed by atoms with E-state index in [1.165, 1.54) is 0 Å². The molecule has 224 valence electrons. The summed E-state index contributed by atoms with van der Waals surface area (Å²) in [5, 5.41) is 5.63. The first-order valence-electron chi connectivity index (χ1n) is 14.0. The van der Waals surface area contributed by atoms with E-state index >= 15 is 0 Å². The molecule has 2 amide bonds. The molecule has 4 aromatic rings. The maximum absolute atomic E-state index is 13.0. The molecule has 1 aliphatic carbocycles. The van der Waals surface area contributed by atoms with E-state index in [1.807, 2.05) is 17.5 Å². The predicted octanol–water partition coefficient (Wildman–Crippen LogP) is 4.82. The van der Waals surface area contributed by atoms with Crippen molar-refractivity contribution < 1.29 is 27.5 Å². The van der Waals surface area contributed by atoms with Crippen molar-refractivity contribution in [2.75, 3.05) is 24.3 Å². The molecule has 3 aromatic heterocycles. The molecule has 4 N–H and O–H groups in total. The van der Waals surface area contributed by atoms with Crippen LogP contribution in [-0.2, 0) is 15.7 Å². The minimum atomic E-state index is -4.55. The van der Waals surface area contributed by atoms with Crippen LogP contribution in [0.2, 0.25) is 0 Å². The Morgan fingerprint density at radius 1 is 1.09 bits per heavy atom. The van der Waals surface area contributed by atoms with Gasteiger partial charge < -0.3 is 21.1 Å². The third-order valence-corrected chi connectivity index (χ3v) is 8.12. The summed E-state index contributed by atoms with van der Waals surface area (Å²) in [6.45, 7) is 2.77. The fourth-order valence-corrected chi connectivity index (χ4v) is 5.67. The van der Waals surface area contributed by atoms with Crippen LogP contribution < -0.4 is 16.4 Å². The van der Waals surface area contributed by atoms with Gasteiger partial charge in [-0.05, 0) is 50.5 Å². The van der Waals surface area contributed by atoms with Crippen molar-refractivity contribution >= 4 is 29.0 Å². The molecule has 2 aliphatic rings. The number of nitrogens with two attached hydrogens (primary N) is 1. The zero-order chi connectivity index (χ0) is 30.4. The van der Waals surface area contributed by atoms with E-state index in [1.54, 1.807) is 30.5 Å². The number of nitrogens with zero attached hydrogens (tertiary/aromatic N) is 4. The van der Waals surface area contributed by atoms with Crippen molar-refractivity contribution in [2.24, 2.45) is 5.41 Å². The molecule has 2 atom stereocenters. The van der Waals surface area contributed by atoms with Gasteiger partial charge in [-0.3, -0.25) is 14.0 Å². The van der Waals surface area contributed by atoms with Gasteiger partial charge in [-0.1, -0.05) is 18.6 Å². The summed E-state index contributed by atoms with van der Waals surface area (Å²) < 4.78 is 46.3. The number of hydrogen-bond donors (Lipinski definition) is 3. The van der Waals surface area contributed by atoms with Crippen LogP contribution in [-0.4, -0.2) is 50.4 Å². The Morgan fingerprint density at radius 2 is 1.86 bits per heavy atom. The number of carbonyl (C=O) groups excluding carboxylic acids is 2. The summed E-state index contributed by atoms with van der Waals surface area (Å²) in [6, 6.07) is 8.17. The van der Waals surface area contributed by atoms with E-state index in [0.29, 0.717) is 35.8 Å². The maximum atomic E-state index is 13.0. The Balaban J connectivity index is 1.23. The number of amides is 2. The van der Waals surface area contributed by atoms with Crippen LogP contribution in [0.1, 0.15) is 60.3 Å². The minimum Gasteiger partial charge on any atom is -0.382 e. The number of ether oxygens (including phenoxy) is 1. The lowest BCUT2D eigenvalue weighted by Gasteiger charge is -2.38. The summed E-state index contributed by atoms with van der Waals surface area (Å²) in [4.78, 5) is 38.7. The Kier molecular flexibility index (Phi) is 7.28. The zero-order valence-electron chi connectivity index (χ0n) is 23.3. The average Bonchev–Trinajstić information content (AvgIpc) is 3.37. The molecule has 1 aliphatic heterocycles. The number of hydrogen-bond acceptors (Lipinski definition) is 7. The number of pyridine rings is 1. The fourth-order valence-electron chi connectivity index (χ4n) is 5.67. The normalized spacial score (nSPS) is 19.9. The third-order valence-electron chi connectivity index (χ3n) is 8.12. The third kappa shape index (κ3) is 5.64. The lowest BCUT2D eigenvalue weighted by atomic mass is 9.83. The summed E-state index contributed by atoms with van der Waals surface area (Å²) in [5.74, 6) is 0.384. The van der Waals surface area contributed by atoms with Gasteiger partial charge in [0.05, 0.1) is 24.2 Å². The first kappa shape index (κ1) is 28.6. The number of alkyl halides is 3. The van der Waals surface area contributed by atoms with Gasteiger partial charge in [-0.15, -0.1) is 0 Å². The van der Waals surface area contributed by atoms with Gasteiger partial charge >= 0.3 is 6.18 Å². The molecular formula is C30H30F3N7O3. The van der Waals surface area contributed by atoms with Gasteiger partial charge in [0.25, 0.3) is 5.91 Å². The number of rotatable bonds is 6. The lowest BCUT2D eigenvalue weighted by molar-refractivity contribution is -0.158. The lowest BCUT2D eigenvalue weighted by Crippen LogP contribution is -2.54. The van der Waals surface area contributed by atoms with Gasteiger partial charge in [-0.25, -0.2) is 15.0 Å². The molecule has 13 heteroatoms. The van der Waals surface area contributed by atoms with Gasteiger partial charge in [0.1, 0.15) is 28.7 Å². The number of aromatic nitrogens is 4. The van der Waals surface area contributed by atoms with Crippen molar-refractivity contribution in [2.45, 2.75) is 50.7 Å². The molecule has 0 spiro atoms. The van der Waals surface area contributed by atoms with E-state index in [4.69, 9.17) is 15.5 Å². The second-order valence-corrected chi connectivity index (χ2v) is 11.4. The van der Waals surface area contributed by atoms with Crippen molar-refractivity contribution in [3.05, 3.63) is 71.9 Å². The van der Waals surface area contributed by atoms with E-state index in [2.05, 4.69) is 20.6 Å². The molecule has 0 radical (unpaired) electrons. The molecule has 1 unspecified atom stereocenters. The Hall–Kier alpha value is -4.52. The van der Waals surface area contributed by atoms with Crippen molar-refractivity contribution in [1.29, 1.82) is 0 Å². The molecule has 1 saturated heterocycles. The summed E-state index contributed by atoms with van der Waals surface area (Å²) in [7, 11) is 0. The molecular weight excluding hydrogens is 563 g/mol. The van der Waals surface area contributed by atoms with Crippen LogP contribution in [0.3, 0.4) is 0 Å². The topological polar surface area (TPSA) is 137 Å². The highest BCUT2D eigenvalue weighted by Gasteiger charge is 2.42. The van der Waals surface area contributed by atoms with E-state index in [0.717, 1.165) is 49.8 Å². The predicted molar refractivity (Wildman–Crippen MR) is 152 cm³/mol. The number of anilines is 2. The summed E-state index contributed by atoms with van der Waals surface area (Å²) >= 11 is 0. The number of imidazole rings is 1. The number of carbonyl (C=O) groups is 2. The summed E-state index contributed by atoms with van der Waals surface area (Å²) in [6.07, 6.45) is 3.32. The van der Waals surface area contributed by atoms with Crippen molar-refractivity contribution in [3.63, 3.8) is 0 Å². The first-order chi connectivity index (χ1) is 20.5. The molecule has 43 heavy (non-hydrogen) atoms. The van der Waals surface area contributed by atoms with Gasteiger partial charge in [0, 0.05) is 41.7 Å². The number of fused-ring (bicyclic) bond motifs is 1. The summed E-state index contributed by atoms with van der Waals surface area (Å²) in [5.41, 5.74) is 7.08. The number of nitrogen functional groups attached to an aromatic ring is 1. The quantitative estimate of drug-likeness (QED) is 0.292. The van der Waals surface area contributed by atoms with E-state index < -0.39 is 23.1 Å². The van der Waals surface area contributed by atoms with Crippen LogP contribution in [0.25, 0.3) is 16.8 Å². The highest BCUT2D eigenvalue weighted by atomic mass is 19.4. The van der Waals surface area contributed by atoms with Crippen LogP contribution in [0.4, 0.5) is 24.8 Å². The highest BCUT2D eigenvalue weighted by molar-refractivity contribution is 6.04. The molecule has 0 bridgehead atoms. The van der Waals surface area contributed by atoms with Crippen LogP contribution in [0.15, 0.2) is 55.0 Å². The van der Waals surface area contributed by atoms with Crippen molar-refractivity contribution in [1.82, 2.24) is 24.7 Å². The molecule has 4 heterocycles. The number of nitrogens with one attached hydrogen (secondary N) is 2. The Labute approximate surface area is 244 Å². The number of benzene rings is 1. The van der Waals surface area contributed by atoms with Crippen molar-refractivity contribution in [3.8, 4) is 11.3 Å². The van der Waals surface area contributed by atoms with Crippen LogP contribution in [0.5, 0.6) is 0 Å². The van der Waals surface area contributed by atoms with Gasteiger partial charge in [-0.2, -0.15) is 13.2 Å². The SMILES string of the molecule is CC1(C(=O)N[C@@H]2CCCC(c3nc(-c4ccc(C(=O)Nc5cc(C(F)(F)F)ccn5)cc4)c4c(N)nccn34)C2)COC1.